The third kappa shape index (κ3) is 2.39. The maximum atomic E-state index is 12.3. The van der Waals surface area contributed by atoms with Crippen LogP contribution < -0.4 is 10.5 Å². The Kier molecular flexibility index (Phi) is 3.94. The van der Waals surface area contributed by atoms with Crippen molar-refractivity contribution < 1.29 is 9.53 Å². The van der Waals surface area contributed by atoms with Crippen molar-refractivity contribution in [3.05, 3.63) is 43.5 Å². The molecule has 0 aliphatic heterocycles. The topological polar surface area (TPSA) is 52.3 Å². The summed E-state index contributed by atoms with van der Waals surface area (Å²) in [7, 11) is 1.49. The lowest BCUT2D eigenvalue weighted by Crippen LogP contribution is -2.04. The number of carbonyl (C=O) groups is 1. The molecule has 1 heterocycles. The number of carbonyl (C=O) groups excluding carboxylic acids is 1. The van der Waals surface area contributed by atoms with Gasteiger partial charge in [-0.25, -0.2) is 0 Å². The van der Waals surface area contributed by atoms with Gasteiger partial charge < -0.3 is 10.5 Å². The molecule has 0 saturated heterocycles. The number of ether oxygens (including phenoxy) is 1. The molecule has 3 nitrogen and oxygen atoms in total. The molecule has 18 heavy (non-hydrogen) atoms. The van der Waals surface area contributed by atoms with E-state index in [1.807, 2.05) is 0 Å². The van der Waals surface area contributed by atoms with Gasteiger partial charge in [0.25, 0.3) is 0 Å². The molecule has 1 aromatic heterocycles. The number of hydrogen-bond acceptors (Lipinski definition) is 4. The summed E-state index contributed by atoms with van der Waals surface area (Å²) in [6, 6.07) is 6.78. The lowest BCUT2D eigenvalue weighted by molar-refractivity contribution is 0.103. The summed E-state index contributed by atoms with van der Waals surface area (Å²) < 4.78 is 6.42. The van der Waals surface area contributed by atoms with Crippen LogP contribution in [0, 0.1) is 0 Å². The van der Waals surface area contributed by atoms with E-state index in [1.54, 1.807) is 24.3 Å². The van der Waals surface area contributed by atoms with Gasteiger partial charge in [-0.2, -0.15) is 0 Å². The van der Waals surface area contributed by atoms with E-state index < -0.39 is 0 Å². The van der Waals surface area contributed by atoms with Crippen LogP contribution in [0.4, 0.5) is 5.69 Å². The average Bonchev–Trinajstić information content (AvgIpc) is 2.68. The number of thiophene rings is 1. The highest BCUT2D eigenvalue weighted by Gasteiger charge is 2.19. The van der Waals surface area contributed by atoms with Crippen LogP contribution in [0.25, 0.3) is 0 Å². The second-order valence-electron chi connectivity index (χ2n) is 3.49. The van der Waals surface area contributed by atoms with Crippen LogP contribution in [-0.4, -0.2) is 12.9 Å². The van der Waals surface area contributed by atoms with E-state index in [-0.39, 0.29) is 5.78 Å². The van der Waals surface area contributed by atoms with E-state index in [9.17, 15) is 4.79 Å². The Balaban J connectivity index is 2.49. The summed E-state index contributed by atoms with van der Waals surface area (Å²) in [5.41, 5.74) is 6.64. The molecule has 6 heteroatoms. The highest BCUT2D eigenvalue weighted by Crippen LogP contribution is 2.35. The van der Waals surface area contributed by atoms with E-state index in [0.717, 1.165) is 0 Å². The maximum Gasteiger partial charge on any atom is 0.206 e. The minimum absolute atomic E-state index is 0.156. The predicted octanol–water partition coefficient (Wildman–Crippen LogP) is 3.99. The Morgan fingerprint density at radius 3 is 2.78 bits per heavy atom. The Morgan fingerprint density at radius 2 is 2.22 bits per heavy atom. The molecule has 0 spiro atoms. The van der Waals surface area contributed by atoms with Gasteiger partial charge >= 0.3 is 0 Å². The minimum Gasteiger partial charge on any atom is -0.494 e. The zero-order chi connectivity index (χ0) is 13.3. The van der Waals surface area contributed by atoms with Crippen LogP contribution in [-0.2, 0) is 0 Å². The molecule has 1 aromatic carbocycles. The largest absolute Gasteiger partial charge is 0.494 e. The molecule has 94 valence electrons. The number of nitrogens with two attached hydrogens (primary N) is 1. The van der Waals surface area contributed by atoms with Crippen LogP contribution in [0.2, 0.25) is 4.34 Å². The smallest absolute Gasteiger partial charge is 0.206 e. The van der Waals surface area contributed by atoms with Crippen molar-refractivity contribution in [2.75, 3.05) is 12.8 Å². The van der Waals surface area contributed by atoms with E-state index in [2.05, 4.69) is 15.9 Å². The van der Waals surface area contributed by atoms with Crippen LogP contribution in [0.3, 0.4) is 0 Å². The minimum atomic E-state index is -0.156. The highest BCUT2D eigenvalue weighted by atomic mass is 79.9. The van der Waals surface area contributed by atoms with E-state index in [1.165, 1.54) is 18.4 Å². The summed E-state index contributed by atoms with van der Waals surface area (Å²) in [4.78, 5) is 12.9. The molecule has 0 fully saturated rings. The van der Waals surface area contributed by atoms with E-state index >= 15 is 0 Å². The maximum absolute atomic E-state index is 12.3. The second-order valence-corrected chi connectivity index (χ2v) is 6.00. The Hall–Kier alpha value is -1.04. The van der Waals surface area contributed by atoms with Gasteiger partial charge in [-0.1, -0.05) is 17.7 Å². The molecule has 0 aliphatic carbocycles. The van der Waals surface area contributed by atoms with Crippen molar-refractivity contribution in [3.63, 3.8) is 0 Å². The Morgan fingerprint density at radius 1 is 1.50 bits per heavy atom. The lowest BCUT2D eigenvalue weighted by Gasteiger charge is -2.08. The fourth-order valence-electron chi connectivity index (χ4n) is 1.55. The van der Waals surface area contributed by atoms with Crippen LogP contribution in [0.5, 0.6) is 5.75 Å². The molecule has 2 N–H and O–H groups in total. The molecule has 0 aliphatic rings. The number of rotatable bonds is 3. The number of para-hydroxylation sites is 1. The average molecular weight is 347 g/mol. The van der Waals surface area contributed by atoms with Crippen molar-refractivity contribution in [3.8, 4) is 5.75 Å². The summed E-state index contributed by atoms with van der Waals surface area (Å²) in [6.07, 6.45) is 0. The van der Waals surface area contributed by atoms with Gasteiger partial charge in [0.2, 0.25) is 5.78 Å². The molecule has 0 radical (unpaired) electrons. The van der Waals surface area contributed by atoms with Gasteiger partial charge in [0.15, 0.2) is 5.75 Å². The van der Waals surface area contributed by atoms with Gasteiger partial charge in [0, 0.05) is 4.47 Å². The number of anilines is 1. The molecular formula is C12H9BrClNO2S. The van der Waals surface area contributed by atoms with Crippen molar-refractivity contribution in [1.29, 1.82) is 0 Å². The second kappa shape index (κ2) is 5.30. The van der Waals surface area contributed by atoms with Gasteiger partial charge in [-0.15, -0.1) is 11.3 Å². The number of methoxy groups -OCH3 is 1. The van der Waals surface area contributed by atoms with Crippen LogP contribution in [0.15, 0.2) is 28.7 Å². The molecule has 0 unspecified atom stereocenters. The lowest BCUT2D eigenvalue weighted by atomic mass is 10.1. The first-order valence-electron chi connectivity index (χ1n) is 4.96. The third-order valence-electron chi connectivity index (χ3n) is 2.36. The number of hydrogen-bond donors (Lipinski definition) is 1. The van der Waals surface area contributed by atoms with Crippen LogP contribution >= 0.6 is 38.9 Å². The van der Waals surface area contributed by atoms with E-state index in [4.69, 9.17) is 22.1 Å². The first-order valence-corrected chi connectivity index (χ1v) is 6.95. The Bertz CT molecular complexity index is 593. The molecule has 2 aromatic rings. The quantitative estimate of drug-likeness (QED) is 0.675. The molecule has 2 rings (SSSR count). The molecule has 0 bridgehead atoms. The van der Waals surface area contributed by atoms with Gasteiger partial charge in [0.1, 0.15) is 4.34 Å². The van der Waals surface area contributed by atoms with Gasteiger partial charge in [-0.3, -0.25) is 4.79 Å². The normalized spacial score (nSPS) is 10.4. The fraction of sp³-hybridized carbons (Fsp3) is 0.0833. The first-order chi connectivity index (χ1) is 8.54. The molecule has 0 amide bonds. The summed E-state index contributed by atoms with van der Waals surface area (Å²) in [6.45, 7) is 0. The molecule has 0 atom stereocenters. The number of halogens is 2. The SMILES string of the molecule is COc1c(N)cccc1C(=O)c1cc(Br)c(Cl)s1. The van der Waals surface area contributed by atoms with Gasteiger partial charge in [-0.05, 0) is 34.1 Å². The van der Waals surface area contributed by atoms with Gasteiger partial charge in [0.05, 0.1) is 23.2 Å². The number of benzene rings is 1. The Labute approximate surface area is 122 Å². The van der Waals surface area contributed by atoms with Crippen molar-refractivity contribution in [2.24, 2.45) is 0 Å². The van der Waals surface area contributed by atoms with Crippen molar-refractivity contribution >= 4 is 50.3 Å². The molecular weight excluding hydrogens is 338 g/mol. The highest BCUT2D eigenvalue weighted by molar-refractivity contribution is 9.10. The zero-order valence-electron chi connectivity index (χ0n) is 9.37. The fourth-order valence-corrected chi connectivity index (χ4v) is 3.21. The number of ketones is 1. The first kappa shape index (κ1) is 13.4. The third-order valence-corrected chi connectivity index (χ3v) is 4.84. The molecule has 0 saturated carbocycles. The standard InChI is InChI=1S/C12H9BrClNO2S/c1-17-11-6(3-2-4-8(11)15)10(16)9-5-7(13)12(14)18-9/h2-5H,15H2,1H3. The summed E-state index contributed by atoms with van der Waals surface area (Å²) in [5.74, 6) is 0.236. The van der Waals surface area contributed by atoms with Crippen molar-refractivity contribution in [1.82, 2.24) is 0 Å². The van der Waals surface area contributed by atoms with Crippen LogP contribution in [0.1, 0.15) is 15.2 Å². The monoisotopic (exact) mass is 345 g/mol. The summed E-state index contributed by atoms with van der Waals surface area (Å²) >= 11 is 10.4. The predicted molar refractivity (Wildman–Crippen MR) is 77.9 cm³/mol. The number of nitrogen functional groups attached to an aromatic ring is 1. The van der Waals surface area contributed by atoms with Crippen molar-refractivity contribution in [2.45, 2.75) is 0 Å². The zero-order valence-corrected chi connectivity index (χ0v) is 12.5. The van der Waals surface area contributed by atoms with E-state index in [0.29, 0.717) is 30.7 Å². The summed E-state index contributed by atoms with van der Waals surface area (Å²) in [5, 5.41) is 0.